The minimum absolute atomic E-state index is 0.208. The van der Waals surface area contributed by atoms with Crippen LogP contribution in [0.25, 0.3) is 0 Å². The van der Waals surface area contributed by atoms with E-state index < -0.39 is 17.9 Å². The van der Waals surface area contributed by atoms with Crippen LogP contribution in [0.1, 0.15) is 28.8 Å². The lowest BCUT2D eigenvalue weighted by Crippen LogP contribution is -2.46. The number of carbonyl (C=O) groups excluding carboxylic acids is 3. The summed E-state index contributed by atoms with van der Waals surface area (Å²) in [7, 11) is 1.29. The van der Waals surface area contributed by atoms with Gasteiger partial charge in [0.1, 0.15) is 6.04 Å². The summed E-state index contributed by atoms with van der Waals surface area (Å²) in [5, 5.41) is 5.17. The Hall–Kier alpha value is -3.15. The van der Waals surface area contributed by atoms with E-state index in [0.717, 1.165) is 12.8 Å². The van der Waals surface area contributed by atoms with Crippen molar-refractivity contribution in [2.45, 2.75) is 25.3 Å². The second kappa shape index (κ2) is 10.8. The molecule has 0 aliphatic carbocycles. The van der Waals surface area contributed by atoms with Crippen molar-refractivity contribution in [2.24, 2.45) is 0 Å². The molecule has 2 aromatic carbocycles. The average molecular weight is 368 g/mol. The Kier molecular flexibility index (Phi) is 8.03. The van der Waals surface area contributed by atoms with Crippen molar-refractivity contribution >= 4 is 17.8 Å². The summed E-state index contributed by atoms with van der Waals surface area (Å²) in [6.07, 6.45) is 1.98. The molecule has 27 heavy (non-hydrogen) atoms. The van der Waals surface area contributed by atoms with Gasteiger partial charge >= 0.3 is 5.97 Å². The lowest BCUT2D eigenvalue weighted by Gasteiger charge is -2.16. The van der Waals surface area contributed by atoms with Crippen LogP contribution < -0.4 is 10.6 Å². The van der Waals surface area contributed by atoms with Gasteiger partial charge < -0.3 is 15.4 Å². The van der Waals surface area contributed by atoms with E-state index in [1.54, 1.807) is 30.3 Å². The van der Waals surface area contributed by atoms with Crippen molar-refractivity contribution in [3.05, 3.63) is 71.8 Å². The number of rotatable bonds is 9. The van der Waals surface area contributed by atoms with Gasteiger partial charge in [0.15, 0.2) is 0 Å². The second-order valence-corrected chi connectivity index (χ2v) is 6.07. The lowest BCUT2D eigenvalue weighted by atomic mass is 10.0. The molecule has 2 amide bonds. The van der Waals surface area contributed by atoms with Crippen molar-refractivity contribution in [2.75, 3.05) is 13.7 Å². The molecule has 0 aromatic heterocycles. The average Bonchev–Trinajstić information content (AvgIpc) is 2.72. The molecule has 0 unspecified atom stereocenters. The number of nitrogens with one attached hydrogen (secondary N) is 2. The van der Waals surface area contributed by atoms with Crippen LogP contribution >= 0.6 is 0 Å². The van der Waals surface area contributed by atoms with Gasteiger partial charge in [-0.15, -0.1) is 0 Å². The summed E-state index contributed by atoms with van der Waals surface area (Å²) >= 11 is 0. The molecule has 0 fully saturated rings. The number of amides is 2. The zero-order chi connectivity index (χ0) is 19.5. The molecule has 0 spiro atoms. The Labute approximate surface area is 158 Å². The number of methoxy groups -OCH3 is 1. The smallest absolute Gasteiger partial charge is 0.328 e. The first-order valence-electron chi connectivity index (χ1n) is 8.84. The molecule has 0 bridgehead atoms. The monoisotopic (exact) mass is 368 g/mol. The van der Waals surface area contributed by atoms with Crippen LogP contribution in [0.4, 0.5) is 0 Å². The molecule has 0 saturated carbocycles. The molecule has 0 radical (unpaired) electrons. The lowest BCUT2D eigenvalue weighted by molar-refractivity contribution is -0.145. The Morgan fingerprint density at radius 2 is 1.59 bits per heavy atom. The van der Waals surface area contributed by atoms with Crippen LogP contribution in [0.5, 0.6) is 0 Å². The van der Waals surface area contributed by atoms with Gasteiger partial charge in [0.2, 0.25) is 5.91 Å². The predicted octanol–water partition coefficient (Wildman–Crippen LogP) is 2.10. The highest BCUT2D eigenvalue weighted by atomic mass is 16.5. The first kappa shape index (κ1) is 20.2. The number of hydrogen-bond acceptors (Lipinski definition) is 4. The fraction of sp³-hybridized carbons (Fsp3) is 0.286. The number of benzene rings is 2. The van der Waals surface area contributed by atoms with E-state index in [0.29, 0.717) is 12.0 Å². The van der Waals surface area contributed by atoms with E-state index in [9.17, 15) is 14.4 Å². The minimum atomic E-state index is -0.736. The molecule has 0 heterocycles. The fourth-order valence-corrected chi connectivity index (χ4v) is 2.64. The van der Waals surface area contributed by atoms with Crippen LogP contribution in [0, 0.1) is 0 Å². The third kappa shape index (κ3) is 6.93. The topological polar surface area (TPSA) is 84.5 Å². The van der Waals surface area contributed by atoms with Crippen LogP contribution in [-0.4, -0.2) is 37.5 Å². The van der Waals surface area contributed by atoms with Crippen LogP contribution in [0.2, 0.25) is 0 Å². The zero-order valence-corrected chi connectivity index (χ0v) is 15.3. The van der Waals surface area contributed by atoms with Gasteiger partial charge in [-0.3, -0.25) is 9.59 Å². The molecule has 0 saturated heterocycles. The van der Waals surface area contributed by atoms with E-state index in [2.05, 4.69) is 10.6 Å². The first-order chi connectivity index (χ1) is 13.1. The van der Waals surface area contributed by atoms with E-state index in [4.69, 9.17) is 4.74 Å². The number of aryl methyl sites for hydroxylation is 1. The highest BCUT2D eigenvalue weighted by Crippen LogP contribution is 2.07. The summed E-state index contributed by atoms with van der Waals surface area (Å²) in [6, 6.07) is 17.8. The second-order valence-electron chi connectivity index (χ2n) is 6.07. The van der Waals surface area contributed by atoms with Crippen molar-refractivity contribution in [1.29, 1.82) is 0 Å². The molecule has 2 rings (SSSR count). The van der Waals surface area contributed by atoms with E-state index >= 15 is 0 Å². The number of hydrogen-bond donors (Lipinski definition) is 2. The largest absolute Gasteiger partial charge is 0.467 e. The Bertz CT molecular complexity index is 747. The van der Waals surface area contributed by atoms with Crippen molar-refractivity contribution in [3.63, 3.8) is 0 Å². The van der Waals surface area contributed by atoms with E-state index in [1.165, 1.54) is 12.7 Å². The first-order valence-corrected chi connectivity index (χ1v) is 8.84. The van der Waals surface area contributed by atoms with Gasteiger partial charge in [-0.2, -0.15) is 0 Å². The van der Waals surface area contributed by atoms with E-state index in [-0.39, 0.29) is 12.5 Å². The van der Waals surface area contributed by atoms with Gasteiger partial charge in [-0.05, 0) is 37.0 Å². The molecule has 0 aliphatic rings. The molecular weight excluding hydrogens is 344 g/mol. The summed E-state index contributed by atoms with van der Waals surface area (Å²) < 4.78 is 4.77. The predicted molar refractivity (Wildman–Crippen MR) is 102 cm³/mol. The Morgan fingerprint density at radius 3 is 2.22 bits per heavy atom. The molecule has 6 heteroatoms. The Morgan fingerprint density at radius 1 is 0.963 bits per heavy atom. The van der Waals surface area contributed by atoms with Crippen molar-refractivity contribution in [1.82, 2.24) is 10.6 Å². The highest BCUT2D eigenvalue weighted by Gasteiger charge is 2.21. The maximum atomic E-state index is 12.1. The standard InChI is InChI=1S/C21H24N2O4/c1-27-21(26)18(14-8-11-16-9-4-2-5-10-16)23-19(24)15-22-20(25)17-12-6-3-7-13-17/h2-7,9-10,12-13,18H,8,11,14-15H2,1H3,(H,22,25)(H,23,24)/t18-/m1/s1. The maximum Gasteiger partial charge on any atom is 0.328 e. The fourth-order valence-electron chi connectivity index (χ4n) is 2.64. The summed E-state index contributed by atoms with van der Waals surface area (Å²) in [6.45, 7) is -0.208. The maximum absolute atomic E-state index is 12.1. The Balaban J connectivity index is 1.80. The molecule has 0 aliphatic heterocycles. The molecular formula is C21H24N2O4. The molecule has 6 nitrogen and oxygen atoms in total. The molecule has 2 aromatic rings. The normalized spacial score (nSPS) is 11.3. The quantitative estimate of drug-likeness (QED) is 0.664. The van der Waals surface area contributed by atoms with Crippen LogP contribution in [-0.2, 0) is 20.7 Å². The van der Waals surface area contributed by atoms with Gasteiger partial charge in [0.05, 0.1) is 13.7 Å². The molecule has 1 atom stereocenters. The van der Waals surface area contributed by atoms with Crippen molar-refractivity contribution in [3.8, 4) is 0 Å². The summed E-state index contributed by atoms with van der Waals surface area (Å²) in [5.41, 5.74) is 1.64. The third-order valence-electron chi connectivity index (χ3n) is 4.07. The number of ether oxygens (including phenoxy) is 1. The van der Waals surface area contributed by atoms with Crippen LogP contribution in [0.15, 0.2) is 60.7 Å². The SMILES string of the molecule is COC(=O)[C@@H](CCCc1ccccc1)NC(=O)CNC(=O)c1ccccc1. The van der Waals surface area contributed by atoms with Gasteiger partial charge in [0, 0.05) is 5.56 Å². The summed E-state index contributed by atoms with van der Waals surface area (Å²) in [5.74, 6) is -1.27. The zero-order valence-electron chi connectivity index (χ0n) is 15.3. The van der Waals surface area contributed by atoms with E-state index in [1.807, 2.05) is 30.3 Å². The molecule has 2 N–H and O–H groups in total. The van der Waals surface area contributed by atoms with Gasteiger partial charge in [0.25, 0.3) is 5.91 Å². The summed E-state index contributed by atoms with van der Waals surface area (Å²) in [4.78, 5) is 36.0. The van der Waals surface area contributed by atoms with Gasteiger partial charge in [-0.25, -0.2) is 4.79 Å². The molecule has 142 valence electrons. The minimum Gasteiger partial charge on any atom is -0.467 e. The third-order valence-corrected chi connectivity index (χ3v) is 4.07. The highest BCUT2D eigenvalue weighted by molar-refractivity contribution is 5.96. The van der Waals surface area contributed by atoms with Crippen molar-refractivity contribution < 1.29 is 19.1 Å². The number of carbonyl (C=O) groups is 3. The van der Waals surface area contributed by atoms with Gasteiger partial charge in [-0.1, -0.05) is 48.5 Å². The van der Waals surface area contributed by atoms with Crippen LogP contribution in [0.3, 0.4) is 0 Å². The number of esters is 1.